The average molecular weight is 276 g/mol. The molecule has 0 saturated heterocycles. The van der Waals surface area contributed by atoms with Crippen molar-refractivity contribution in [1.29, 1.82) is 0 Å². The first-order valence-electron chi connectivity index (χ1n) is 6.09. The molecule has 0 fully saturated rings. The Hall–Kier alpha value is -2.43. The molecule has 0 unspecified atom stereocenters. The van der Waals surface area contributed by atoms with Crippen LogP contribution in [-0.2, 0) is 19.1 Å². The number of methoxy groups -OCH3 is 1. The molecule has 0 saturated carbocycles. The van der Waals surface area contributed by atoms with Gasteiger partial charge in [0.2, 0.25) is 0 Å². The lowest BCUT2D eigenvalue weighted by atomic mass is 10.00. The van der Waals surface area contributed by atoms with Gasteiger partial charge in [0, 0.05) is 11.1 Å². The maximum atomic E-state index is 12.2. The molecule has 20 heavy (non-hydrogen) atoms. The number of carbonyl (C=O) groups is 3. The lowest BCUT2D eigenvalue weighted by Gasteiger charge is -2.09. The highest BCUT2D eigenvalue weighted by Crippen LogP contribution is 2.15. The van der Waals surface area contributed by atoms with E-state index in [4.69, 9.17) is 4.74 Å². The second-order valence-electron chi connectivity index (χ2n) is 3.91. The summed E-state index contributed by atoms with van der Waals surface area (Å²) in [6.07, 6.45) is 0. The average Bonchev–Trinajstić information content (AvgIpc) is 2.47. The Balaban J connectivity index is 3.24. The zero-order valence-electron chi connectivity index (χ0n) is 11.6. The van der Waals surface area contributed by atoms with E-state index >= 15 is 0 Å². The summed E-state index contributed by atoms with van der Waals surface area (Å²) >= 11 is 0. The topological polar surface area (TPSA) is 69.7 Å². The monoisotopic (exact) mass is 276 g/mol. The third-order valence-electron chi connectivity index (χ3n) is 2.62. The largest absolute Gasteiger partial charge is 0.465 e. The summed E-state index contributed by atoms with van der Waals surface area (Å²) in [5.41, 5.74) is 0.0143. The highest BCUT2D eigenvalue weighted by atomic mass is 16.5. The molecule has 1 rings (SSSR count). The van der Waals surface area contributed by atoms with Crippen LogP contribution >= 0.6 is 0 Å². The molecule has 106 valence electrons. The fourth-order valence-corrected chi connectivity index (χ4v) is 1.61. The molecule has 1 aromatic rings. The molecule has 0 aromatic heterocycles. The quantitative estimate of drug-likeness (QED) is 0.270. The predicted molar refractivity (Wildman–Crippen MR) is 72.1 cm³/mol. The van der Waals surface area contributed by atoms with Crippen molar-refractivity contribution >= 4 is 17.7 Å². The van der Waals surface area contributed by atoms with E-state index in [9.17, 15) is 14.4 Å². The summed E-state index contributed by atoms with van der Waals surface area (Å²) in [4.78, 5) is 35.7. The number of hydrogen-bond donors (Lipinski definition) is 0. The van der Waals surface area contributed by atoms with Crippen LogP contribution in [0.4, 0.5) is 0 Å². The smallest absolute Gasteiger partial charge is 0.345 e. The van der Waals surface area contributed by atoms with Crippen molar-refractivity contribution in [2.45, 2.75) is 13.8 Å². The Morgan fingerprint density at radius 1 is 1.05 bits per heavy atom. The number of ether oxygens (including phenoxy) is 2. The molecule has 0 aliphatic heterocycles. The summed E-state index contributed by atoms with van der Waals surface area (Å²) in [6.45, 7) is 3.12. The van der Waals surface area contributed by atoms with E-state index in [0.29, 0.717) is 5.56 Å². The van der Waals surface area contributed by atoms with Gasteiger partial charge in [0.25, 0.3) is 0 Å². The van der Waals surface area contributed by atoms with Crippen LogP contribution < -0.4 is 0 Å². The first-order valence-corrected chi connectivity index (χ1v) is 6.09. The van der Waals surface area contributed by atoms with E-state index < -0.39 is 17.7 Å². The van der Waals surface area contributed by atoms with Gasteiger partial charge in [-0.15, -0.1) is 0 Å². The van der Waals surface area contributed by atoms with Gasteiger partial charge in [0.1, 0.15) is 0 Å². The number of allylic oxidation sites excluding steroid dienone is 1. The van der Waals surface area contributed by atoms with Crippen molar-refractivity contribution in [1.82, 2.24) is 0 Å². The van der Waals surface area contributed by atoms with Crippen molar-refractivity contribution in [3.63, 3.8) is 0 Å². The number of carbonyl (C=O) groups excluding carboxylic acids is 3. The molecular formula is C15H16O5. The van der Waals surface area contributed by atoms with Crippen molar-refractivity contribution in [3.05, 3.63) is 47.0 Å². The third kappa shape index (κ3) is 3.54. The van der Waals surface area contributed by atoms with Gasteiger partial charge in [-0.3, -0.25) is 4.79 Å². The lowest BCUT2D eigenvalue weighted by molar-refractivity contribution is -0.145. The number of hydrogen-bond acceptors (Lipinski definition) is 5. The predicted octanol–water partition coefficient (Wildman–Crippen LogP) is 1.92. The van der Waals surface area contributed by atoms with E-state index in [1.54, 1.807) is 37.3 Å². The van der Waals surface area contributed by atoms with Gasteiger partial charge >= 0.3 is 11.9 Å². The minimum absolute atomic E-state index is 0.00139. The lowest BCUT2D eigenvalue weighted by Crippen LogP contribution is -2.21. The van der Waals surface area contributed by atoms with Crippen LogP contribution in [0.1, 0.15) is 24.2 Å². The van der Waals surface area contributed by atoms with Gasteiger partial charge in [-0.25, -0.2) is 9.59 Å². The summed E-state index contributed by atoms with van der Waals surface area (Å²) < 4.78 is 9.32. The van der Waals surface area contributed by atoms with Crippen LogP contribution in [0.3, 0.4) is 0 Å². The summed E-state index contributed by atoms with van der Waals surface area (Å²) in [7, 11) is 1.14. The molecule has 0 N–H and O–H groups in total. The first-order chi connectivity index (χ1) is 9.52. The molecule has 0 aliphatic carbocycles. The molecule has 0 amide bonds. The SMILES string of the molecule is CCOC(=O)/C(C(=O)OC)=C(\C)C(=O)c1ccccc1. The summed E-state index contributed by atoms with van der Waals surface area (Å²) in [6, 6.07) is 8.37. The normalized spacial score (nSPS) is 11.3. The van der Waals surface area contributed by atoms with E-state index in [1.807, 2.05) is 0 Å². The maximum absolute atomic E-state index is 12.2. The second kappa shape index (κ2) is 7.23. The van der Waals surface area contributed by atoms with Crippen molar-refractivity contribution in [2.75, 3.05) is 13.7 Å². The van der Waals surface area contributed by atoms with E-state index in [2.05, 4.69) is 4.74 Å². The number of esters is 2. The van der Waals surface area contributed by atoms with E-state index in [-0.39, 0.29) is 17.8 Å². The Morgan fingerprint density at radius 3 is 2.15 bits per heavy atom. The first kappa shape index (κ1) is 15.6. The molecule has 0 atom stereocenters. The molecular weight excluding hydrogens is 260 g/mol. The fraction of sp³-hybridized carbons (Fsp3) is 0.267. The Kier molecular flexibility index (Phi) is 5.65. The van der Waals surface area contributed by atoms with Crippen molar-refractivity contribution < 1.29 is 23.9 Å². The van der Waals surface area contributed by atoms with Gasteiger partial charge in [-0.05, 0) is 13.8 Å². The third-order valence-corrected chi connectivity index (χ3v) is 2.62. The minimum atomic E-state index is -0.884. The highest BCUT2D eigenvalue weighted by molar-refractivity contribution is 6.22. The number of Topliss-reactive ketones (excluding diaryl/α,β-unsaturated/α-hetero) is 1. The molecule has 0 radical (unpaired) electrons. The van der Waals surface area contributed by atoms with Gasteiger partial charge in [-0.2, -0.15) is 0 Å². The van der Waals surface area contributed by atoms with Gasteiger partial charge < -0.3 is 9.47 Å². The van der Waals surface area contributed by atoms with Crippen LogP contribution in [0, 0.1) is 0 Å². The van der Waals surface area contributed by atoms with Crippen molar-refractivity contribution in [3.8, 4) is 0 Å². The summed E-state index contributed by atoms with van der Waals surface area (Å²) in [5, 5.41) is 0. The van der Waals surface area contributed by atoms with Crippen LogP contribution in [-0.4, -0.2) is 31.4 Å². The Morgan fingerprint density at radius 2 is 1.65 bits per heavy atom. The summed E-state index contributed by atoms with van der Waals surface area (Å²) in [5.74, 6) is -2.16. The molecule has 0 aliphatic rings. The minimum Gasteiger partial charge on any atom is -0.465 e. The number of ketones is 1. The molecule has 0 heterocycles. The van der Waals surface area contributed by atoms with Crippen LogP contribution in [0.5, 0.6) is 0 Å². The van der Waals surface area contributed by atoms with Crippen LogP contribution in [0.15, 0.2) is 41.5 Å². The van der Waals surface area contributed by atoms with Crippen LogP contribution in [0.25, 0.3) is 0 Å². The van der Waals surface area contributed by atoms with Gasteiger partial charge in [-0.1, -0.05) is 30.3 Å². The molecule has 1 aromatic carbocycles. The fourth-order valence-electron chi connectivity index (χ4n) is 1.61. The van der Waals surface area contributed by atoms with Gasteiger partial charge in [0.15, 0.2) is 11.4 Å². The maximum Gasteiger partial charge on any atom is 0.345 e. The van der Waals surface area contributed by atoms with Gasteiger partial charge in [0.05, 0.1) is 13.7 Å². The Labute approximate surface area is 117 Å². The van der Waals surface area contributed by atoms with E-state index in [0.717, 1.165) is 7.11 Å². The molecule has 5 heteroatoms. The zero-order chi connectivity index (χ0) is 15.1. The molecule has 5 nitrogen and oxygen atoms in total. The van der Waals surface area contributed by atoms with Crippen molar-refractivity contribution in [2.24, 2.45) is 0 Å². The Bertz CT molecular complexity index is 543. The highest BCUT2D eigenvalue weighted by Gasteiger charge is 2.26. The zero-order valence-corrected chi connectivity index (χ0v) is 11.6. The molecule has 0 bridgehead atoms. The van der Waals surface area contributed by atoms with E-state index in [1.165, 1.54) is 6.92 Å². The van der Waals surface area contributed by atoms with Crippen LogP contribution in [0.2, 0.25) is 0 Å². The standard InChI is InChI=1S/C15H16O5/c1-4-20-15(18)12(14(17)19-3)10(2)13(16)11-8-6-5-7-9-11/h5-9H,4H2,1-3H3/b12-10+. The molecule has 0 spiro atoms. The second-order valence-corrected chi connectivity index (χ2v) is 3.91. The number of benzene rings is 1. The number of rotatable bonds is 5.